The van der Waals surface area contributed by atoms with Crippen LogP contribution in [0.5, 0.6) is 0 Å². The third-order valence-electron chi connectivity index (χ3n) is 16.7. The van der Waals surface area contributed by atoms with E-state index < -0.39 is 97.5 Å². The molecule has 540 valence electrons. The first-order valence-corrected chi connectivity index (χ1v) is 40.5. The zero-order chi connectivity index (χ0) is 67.2. The van der Waals surface area contributed by atoms with Crippen LogP contribution in [0.3, 0.4) is 0 Å². The third-order valence-corrected chi connectivity index (χ3v) is 18.6. The summed E-state index contributed by atoms with van der Waals surface area (Å²) in [7, 11) is -9.90. The Bertz CT molecular complexity index is 1770. The molecule has 17 nitrogen and oxygen atoms in total. The van der Waals surface area contributed by atoms with Gasteiger partial charge in [-0.05, 0) is 37.5 Å². The number of aliphatic hydroxyl groups is 1. The van der Waals surface area contributed by atoms with Crippen LogP contribution in [0.1, 0.15) is 369 Å². The van der Waals surface area contributed by atoms with Gasteiger partial charge in [0.15, 0.2) is 12.2 Å². The molecular formula is C72H140O17P2. The smallest absolute Gasteiger partial charge is 0.462 e. The second-order valence-electron chi connectivity index (χ2n) is 26.9. The molecule has 0 aliphatic carbocycles. The second-order valence-corrected chi connectivity index (χ2v) is 29.8. The van der Waals surface area contributed by atoms with Gasteiger partial charge in [0.25, 0.3) is 0 Å². The molecule has 0 saturated heterocycles. The van der Waals surface area contributed by atoms with Crippen LogP contribution in [0.25, 0.3) is 0 Å². The number of carbonyl (C=O) groups excluding carboxylic acids is 4. The second kappa shape index (κ2) is 64.1. The number of carbonyl (C=O) groups is 4. The fraction of sp³-hybridized carbons (Fsp3) is 0.944. The largest absolute Gasteiger partial charge is 0.472 e. The minimum atomic E-state index is -4.95. The highest BCUT2D eigenvalue weighted by Crippen LogP contribution is 2.45. The highest BCUT2D eigenvalue weighted by Gasteiger charge is 2.30. The van der Waals surface area contributed by atoms with Gasteiger partial charge in [0.05, 0.1) is 26.4 Å². The molecule has 0 spiro atoms. The van der Waals surface area contributed by atoms with Crippen molar-refractivity contribution < 1.29 is 80.2 Å². The Morgan fingerprint density at radius 1 is 0.297 bits per heavy atom. The lowest BCUT2D eigenvalue weighted by Crippen LogP contribution is -2.30. The van der Waals surface area contributed by atoms with Crippen molar-refractivity contribution in [3.8, 4) is 0 Å². The van der Waals surface area contributed by atoms with Gasteiger partial charge in [-0.15, -0.1) is 0 Å². The Morgan fingerprint density at radius 2 is 0.505 bits per heavy atom. The summed E-state index contributed by atoms with van der Waals surface area (Å²) >= 11 is 0. The van der Waals surface area contributed by atoms with Crippen molar-refractivity contribution in [2.24, 2.45) is 11.8 Å². The Kier molecular flexibility index (Phi) is 62.7. The zero-order valence-corrected chi connectivity index (χ0v) is 60.9. The van der Waals surface area contributed by atoms with Crippen LogP contribution in [0, 0.1) is 11.8 Å². The van der Waals surface area contributed by atoms with E-state index in [4.69, 9.17) is 37.0 Å². The van der Waals surface area contributed by atoms with E-state index in [1.165, 1.54) is 180 Å². The van der Waals surface area contributed by atoms with Crippen LogP contribution in [0.15, 0.2) is 0 Å². The van der Waals surface area contributed by atoms with Gasteiger partial charge in [0.2, 0.25) is 0 Å². The first-order chi connectivity index (χ1) is 43.9. The molecule has 0 rings (SSSR count). The van der Waals surface area contributed by atoms with Gasteiger partial charge < -0.3 is 33.8 Å². The monoisotopic (exact) mass is 1340 g/mol. The van der Waals surface area contributed by atoms with Crippen molar-refractivity contribution in [1.82, 2.24) is 0 Å². The summed E-state index contributed by atoms with van der Waals surface area (Å²) in [5.74, 6) is -0.634. The van der Waals surface area contributed by atoms with E-state index in [2.05, 4.69) is 41.5 Å². The molecule has 0 radical (unpaired) electrons. The molecule has 0 saturated carbocycles. The lowest BCUT2D eigenvalue weighted by molar-refractivity contribution is -0.161. The van der Waals surface area contributed by atoms with Gasteiger partial charge in [-0.25, -0.2) is 9.13 Å². The molecule has 0 heterocycles. The summed E-state index contributed by atoms with van der Waals surface area (Å²) in [4.78, 5) is 72.5. The quantitative estimate of drug-likeness (QED) is 0.0222. The molecule has 0 aliphatic rings. The highest BCUT2D eigenvalue weighted by molar-refractivity contribution is 7.47. The topological polar surface area (TPSA) is 237 Å². The van der Waals surface area contributed by atoms with Crippen molar-refractivity contribution in [1.29, 1.82) is 0 Å². The minimum absolute atomic E-state index is 0.103. The van der Waals surface area contributed by atoms with E-state index in [-0.39, 0.29) is 25.7 Å². The Hall–Kier alpha value is -1.94. The first kappa shape index (κ1) is 89.1. The predicted octanol–water partition coefficient (Wildman–Crippen LogP) is 20.8. The van der Waals surface area contributed by atoms with Crippen LogP contribution >= 0.6 is 15.6 Å². The highest BCUT2D eigenvalue weighted by atomic mass is 31.2. The number of rotatable bonds is 71. The van der Waals surface area contributed by atoms with E-state index in [9.17, 15) is 43.2 Å². The molecule has 0 aliphatic heterocycles. The summed E-state index contributed by atoms with van der Waals surface area (Å²) in [6.45, 7) is 9.50. The van der Waals surface area contributed by atoms with Gasteiger partial charge in [-0.2, -0.15) is 0 Å². The van der Waals surface area contributed by atoms with E-state index in [0.717, 1.165) is 102 Å². The van der Waals surface area contributed by atoms with Crippen molar-refractivity contribution in [3.05, 3.63) is 0 Å². The lowest BCUT2D eigenvalue weighted by Gasteiger charge is -2.21. The van der Waals surface area contributed by atoms with Gasteiger partial charge in [0, 0.05) is 25.7 Å². The fourth-order valence-electron chi connectivity index (χ4n) is 10.9. The van der Waals surface area contributed by atoms with Crippen molar-refractivity contribution in [3.63, 3.8) is 0 Å². The number of hydrogen-bond acceptors (Lipinski definition) is 15. The standard InChI is InChI=1S/C72H140O17P2/c1-7-9-11-13-15-17-18-19-20-21-25-28-31-37-43-49-55-70(75)83-61-67(88-71(76)56-50-44-38-32-29-26-23-22-24-27-30-34-40-46-52-64(3)4)62-86-90(78,79)84-58-66(73)59-85-91(80,81)87-63-68(60-82-69(74)54-48-42-36-16-14-12-10-8-2)89-72(77)57-51-45-39-33-35-41-47-53-65(5)6/h64-68,73H,7-63H2,1-6H3,(H,78,79)(H,80,81)/t66-,67-,68-/m1/s1. The van der Waals surface area contributed by atoms with E-state index in [1.54, 1.807) is 0 Å². The number of phosphoric acid groups is 2. The molecule has 0 bridgehead atoms. The summed E-state index contributed by atoms with van der Waals surface area (Å²) in [6.07, 6.45) is 50.1. The number of phosphoric ester groups is 2. The normalized spacial score (nSPS) is 14.1. The Balaban J connectivity index is 5.21. The van der Waals surface area contributed by atoms with Crippen molar-refractivity contribution >= 4 is 39.5 Å². The minimum Gasteiger partial charge on any atom is -0.462 e. The first-order valence-electron chi connectivity index (χ1n) is 37.5. The number of aliphatic hydroxyl groups excluding tert-OH is 1. The van der Waals surface area contributed by atoms with Crippen LogP contribution in [-0.4, -0.2) is 96.7 Å². The Morgan fingerprint density at radius 3 is 0.747 bits per heavy atom. The van der Waals surface area contributed by atoms with E-state index in [0.29, 0.717) is 31.6 Å². The molecule has 91 heavy (non-hydrogen) atoms. The van der Waals surface area contributed by atoms with Crippen LogP contribution < -0.4 is 0 Å². The van der Waals surface area contributed by atoms with Gasteiger partial charge in [-0.3, -0.25) is 37.3 Å². The number of esters is 4. The molecule has 0 amide bonds. The molecular weight excluding hydrogens is 1200 g/mol. The zero-order valence-electron chi connectivity index (χ0n) is 59.1. The van der Waals surface area contributed by atoms with Crippen LogP contribution in [0.4, 0.5) is 0 Å². The van der Waals surface area contributed by atoms with Gasteiger partial charge in [-0.1, -0.05) is 318 Å². The SMILES string of the molecule is CCCCCCCCCCCCCCCCCCC(=O)OC[C@H](COP(=O)(O)OC[C@@H](O)COP(=O)(O)OC[C@@H](COC(=O)CCCCCCCCCC)OC(=O)CCCCCCCCCC(C)C)OC(=O)CCCCCCCCCCCCCCCCC(C)C. The molecule has 19 heteroatoms. The van der Waals surface area contributed by atoms with Gasteiger partial charge >= 0.3 is 39.5 Å². The summed E-state index contributed by atoms with van der Waals surface area (Å²) in [5.41, 5.74) is 0. The lowest BCUT2D eigenvalue weighted by atomic mass is 10.0. The average molecular weight is 1340 g/mol. The molecule has 0 aromatic heterocycles. The average Bonchev–Trinajstić information content (AvgIpc) is 3.72. The number of unbranched alkanes of at least 4 members (excludes halogenated alkanes) is 41. The fourth-order valence-corrected chi connectivity index (χ4v) is 12.5. The molecule has 3 N–H and O–H groups in total. The predicted molar refractivity (Wildman–Crippen MR) is 368 cm³/mol. The summed E-state index contributed by atoms with van der Waals surface area (Å²) < 4.78 is 68.3. The maximum atomic E-state index is 13.0. The van der Waals surface area contributed by atoms with E-state index in [1.807, 2.05) is 0 Å². The maximum absolute atomic E-state index is 13.0. The van der Waals surface area contributed by atoms with Crippen LogP contribution in [0.2, 0.25) is 0 Å². The van der Waals surface area contributed by atoms with Crippen LogP contribution in [-0.2, 0) is 65.4 Å². The molecule has 0 fully saturated rings. The Labute approximate surface area is 556 Å². The number of ether oxygens (including phenoxy) is 4. The third kappa shape index (κ3) is 66.5. The van der Waals surface area contributed by atoms with E-state index >= 15 is 0 Å². The van der Waals surface area contributed by atoms with Gasteiger partial charge in [0.1, 0.15) is 19.3 Å². The molecule has 5 atom stereocenters. The summed E-state index contributed by atoms with van der Waals surface area (Å²) in [5, 5.41) is 10.6. The molecule has 2 unspecified atom stereocenters. The molecule has 0 aromatic carbocycles. The maximum Gasteiger partial charge on any atom is 0.472 e. The van der Waals surface area contributed by atoms with Crippen molar-refractivity contribution in [2.45, 2.75) is 387 Å². The number of hydrogen-bond donors (Lipinski definition) is 3. The molecule has 0 aromatic rings. The summed E-state index contributed by atoms with van der Waals surface area (Å²) in [6, 6.07) is 0. The van der Waals surface area contributed by atoms with Crippen molar-refractivity contribution in [2.75, 3.05) is 39.6 Å².